The Bertz CT molecular complexity index is 1410. The molecular formula is C30H29ClN2O4S. The summed E-state index contributed by atoms with van der Waals surface area (Å²) in [7, 11) is -2.63. The summed E-state index contributed by atoms with van der Waals surface area (Å²) < 4.78 is 34.7. The SMILES string of the molecule is COc1ccc(S(=O)(=O)N[C@@H](Cc2ccccc2)C(=O)N(Cc2ccccc2)Cc2ccccc2)cc1Cl. The maximum atomic E-state index is 14.1. The van der Waals surface area contributed by atoms with Crippen molar-refractivity contribution in [2.24, 2.45) is 0 Å². The van der Waals surface area contributed by atoms with Gasteiger partial charge in [0.1, 0.15) is 11.8 Å². The molecule has 38 heavy (non-hydrogen) atoms. The molecule has 0 saturated carbocycles. The minimum absolute atomic E-state index is 0.0492. The van der Waals surface area contributed by atoms with Gasteiger partial charge in [-0.25, -0.2) is 8.42 Å². The predicted octanol–water partition coefficient (Wildman–Crippen LogP) is 5.47. The van der Waals surface area contributed by atoms with Gasteiger partial charge < -0.3 is 9.64 Å². The molecule has 0 fully saturated rings. The number of methoxy groups -OCH3 is 1. The minimum Gasteiger partial charge on any atom is -0.495 e. The fourth-order valence-corrected chi connectivity index (χ4v) is 5.68. The number of benzene rings is 4. The third-order valence-corrected chi connectivity index (χ3v) is 7.82. The Morgan fingerprint density at radius 1 is 0.816 bits per heavy atom. The maximum absolute atomic E-state index is 14.1. The molecule has 1 N–H and O–H groups in total. The molecular weight excluding hydrogens is 520 g/mol. The Balaban J connectivity index is 1.68. The van der Waals surface area contributed by atoms with Crippen LogP contribution in [0.1, 0.15) is 16.7 Å². The summed E-state index contributed by atoms with van der Waals surface area (Å²) >= 11 is 6.20. The van der Waals surface area contributed by atoms with Crippen LogP contribution in [-0.2, 0) is 34.3 Å². The van der Waals surface area contributed by atoms with Crippen molar-refractivity contribution in [1.29, 1.82) is 0 Å². The lowest BCUT2D eigenvalue weighted by atomic mass is 10.0. The van der Waals surface area contributed by atoms with Crippen molar-refractivity contribution in [3.8, 4) is 5.75 Å². The third kappa shape index (κ3) is 7.22. The van der Waals surface area contributed by atoms with E-state index in [-0.39, 0.29) is 22.2 Å². The van der Waals surface area contributed by atoms with E-state index in [2.05, 4.69) is 4.72 Å². The highest BCUT2D eigenvalue weighted by Gasteiger charge is 2.30. The Hall–Kier alpha value is -3.65. The van der Waals surface area contributed by atoms with E-state index in [1.807, 2.05) is 91.0 Å². The average Bonchev–Trinajstić information content (AvgIpc) is 2.93. The van der Waals surface area contributed by atoms with Crippen LogP contribution < -0.4 is 9.46 Å². The van der Waals surface area contributed by atoms with Gasteiger partial charge in [0.25, 0.3) is 0 Å². The molecule has 196 valence electrons. The van der Waals surface area contributed by atoms with Gasteiger partial charge in [0, 0.05) is 13.1 Å². The number of rotatable bonds is 11. The second-order valence-electron chi connectivity index (χ2n) is 8.83. The smallest absolute Gasteiger partial charge is 0.241 e. The summed E-state index contributed by atoms with van der Waals surface area (Å²) in [6.07, 6.45) is 0.183. The molecule has 6 nitrogen and oxygen atoms in total. The van der Waals surface area contributed by atoms with Gasteiger partial charge in [-0.05, 0) is 41.3 Å². The Labute approximate surface area is 228 Å². The molecule has 1 atom stereocenters. The topological polar surface area (TPSA) is 75.7 Å². The summed E-state index contributed by atoms with van der Waals surface area (Å²) in [6, 6.07) is 31.8. The fourth-order valence-electron chi connectivity index (χ4n) is 4.14. The molecule has 4 rings (SSSR count). The van der Waals surface area contributed by atoms with Crippen LogP contribution in [0.25, 0.3) is 0 Å². The average molecular weight is 549 g/mol. The van der Waals surface area contributed by atoms with Gasteiger partial charge in [-0.1, -0.05) is 103 Å². The van der Waals surface area contributed by atoms with Gasteiger partial charge in [-0.3, -0.25) is 4.79 Å². The van der Waals surface area contributed by atoms with Crippen LogP contribution in [0.15, 0.2) is 114 Å². The van der Waals surface area contributed by atoms with E-state index >= 15 is 0 Å². The number of nitrogens with zero attached hydrogens (tertiary/aromatic N) is 1. The Morgan fingerprint density at radius 2 is 1.32 bits per heavy atom. The van der Waals surface area contributed by atoms with Crippen LogP contribution >= 0.6 is 11.6 Å². The Kier molecular flexibility index (Phi) is 9.18. The lowest BCUT2D eigenvalue weighted by Gasteiger charge is -2.28. The van der Waals surface area contributed by atoms with Gasteiger partial charge in [-0.15, -0.1) is 0 Å². The van der Waals surface area contributed by atoms with Gasteiger partial charge in [-0.2, -0.15) is 4.72 Å². The molecule has 0 aliphatic carbocycles. The van der Waals surface area contributed by atoms with Crippen LogP contribution in [0.4, 0.5) is 0 Å². The zero-order valence-corrected chi connectivity index (χ0v) is 22.5. The third-order valence-electron chi connectivity index (χ3n) is 6.06. The first-order valence-corrected chi connectivity index (χ1v) is 14.0. The Morgan fingerprint density at radius 3 is 1.79 bits per heavy atom. The highest BCUT2D eigenvalue weighted by molar-refractivity contribution is 7.89. The number of nitrogens with one attached hydrogen (secondary N) is 1. The van der Waals surface area contributed by atoms with E-state index in [4.69, 9.17) is 16.3 Å². The van der Waals surface area contributed by atoms with Crippen molar-refractivity contribution >= 4 is 27.5 Å². The molecule has 0 radical (unpaired) electrons. The van der Waals surface area contributed by atoms with E-state index < -0.39 is 16.1 Å². The summed E-state index contributed by atoms with van der Waals surface area (Å²) in [5.41, 5.74) is 2.72. The molecule has 0 saturated heterocycles. The summed E-state index contributed by atoms with van der Waals surface area (Å²) in [4.78, 5) is 15.7. The number of ether oxygens (including phenoxy) is 1. The molecule has 0 bridgehead atoms. The van der Waals surface area contributed by atoms with Crippen LogP contribution in [0.5, 0.6) is 5.75 Å². The first-order chi connectivity index (χ1) is 18.4. The molecule has 4 aromatic carbocycles. The minimum atomic E-state index is -4.09. The van der Waals surface area contributed by atoms with Gasteiger partial charge in [0.05, 0.1) is 17.0 Å². The first kappa shape index (κ1) is 27.4. The normalized spacial score (nSPS) is 12.1. The van der Waals surface area contributed by atoms with Gasteiger partial charge in [0.2, 0.25) is 15.9 Å². The zero-order valence-electron chi connectivity index (χ0n) is 21.0. The van der Waals surface area contributed by atoms with E-state index in [1.54, 1.807) is 4.90 Å². The van der Waals surface area contributed by atoms with Crippen molar-refractivity contribution in [2.45, 2.75) is 30.4 Å². The van der Waals surface area contributed by atoms with Crippen molar-refractivity contribution in [1.82, 2.24) is 9.62 Å². The van der Waals surface area contributed by atoms with Gasteiger partial charge >= 0.3 is 0 Å². The largest absolute Gasteiger partial charge is 0.495 e. The molecule has 0 aromatic heterocycles. The predicted molar refractivity (Wildman–Crippen MR) is 149 cm³/mol. The van der Waals surface area contributed by atoms with Crippen LogP contribution in [0, 0.1) is 0 Å². The van der Waals surface area contributed by atoms with Crippen molar-refractivity contribution in [2.75, 3.05) is 7.11 Å². The van der Waals surface area contributed by atoms with Crippen molar-refractivity contribution in [3.63, 3.8) is 0 Å². The van der Waals surface area contributed by atoms with Crippen LogP contribution in [-0.4, -0.2) is 32.4 Å². The molecule has 8 heteroatoms. The number of carbonyl (C=O) groups excluding carboxylic acids is 1. The fraction of sp³-hybridized carbons (Fsp3) is 0.167. The molecule has 0 aliphatic rings. The molecule has 4 aromatic rings. The van der Waals surface area contributed by atoms with Gasteiger partial charge in [0.15, 0.2) is 0 Å². The monoisotopic (exact) mass is 548 g/mol. The second-order valence-corrected chi connectivity index (χ2v) is 10.9. The summed E-state index contributed by atoms with van der Waals surface area (Å²) in [6.45, 7) is 0.659. The van der Waals surface area contributed by atoms with E-state index in [9.17, 15) is 13.2 Å². The molecule has 0 aliphatic heterocycles. The van der Waals surface area contributed by atoms with E-state index in [0.717, 1.165) is 16.7 Å². The maximum Gasteiger partial charge on any atom is 0.241 e. The number of sulfonamides is 1. The van der Waals surface area contributed by atoms with Crippen LogP contribution in [0.2, 0.25) is 5.02 Å². The molecule has 0 spiro atoms. The molecule has 1 amide bonds. The highest BCUT2D eigenvalue weighted by atomic mass is 35.5. The number of halogens is 1. The van der Waals surface area contributed by atoms with Crippen molar-refractivity contribution < 1.29 is 17.9 Å². The lowest BCUT2D eigenvalue weighted by Crippen LogP contribution is -2.49. The standard InChI is InChI=1S/C30H29ClN2O4S/c1-37-29-18-17-26(20-27(29)31)38(35,36)32-28(19-23-11-5-2-6-12-23)30(34)33(21-24-13-7-3-8-14-24)22-25-15-9-4-10-16-25/h2-18,20,28,32H,19,21-22H2,1H3/t28-/m0/s1. The lowest BCUT2D eigenvalue weighted by molar-refractivity contribution is -0.134. The van der Waals surface area contributed by atoms with E-state index in [0.29, 0.717) is 18.8 Å². The summed E-state index contributed by atoms with van der Waals surface area (Å²) in [5, 5.41) is 0.163. The highest BCUT2D eigenvalue weighted by Crippen LogP contribution is 2.27. The number of hydrogen-bond donors (Lipinski definition) is 1. The molecule has 0 unspecified atom stereocenters. The van der Waals surface area contributed by atoms with E-state index in [1.165, 1.54) is 25.3 Å². The number of amides is 1. The van der Waals surface area contributed by atoms with Crippen molar-refractivity contribution in [3.05, 3.63) is 131 Å². The quantitative estimate of drug-likeness (QED) is 0.270. The summed E-state index contributed by atoms with van der Waals surface area (Å²) in [5.74, 6) is 0.0316. The number of hydrogen-bond acceptors (Lipinski definition) is 4. The first-order valence-electron chi connectivity index (χ1n) is 12.1. The zero-order chi connectivity index (χ0) is 27.0. The molecule has 0 heterocycles. The van der Waals surface area contributed by atoms with Crippen LogP contribution in [0.3, 0.4) is 0 Å². The second kappa shape index (κ2) is 12.7. The number of carbonyl (C=O) groups is 1.